The lowest BCUT2D eigenvalue weighted by Crippen LogP contribution is -2.28. The predicted molar refractivity (Wildman–Crippen MR) is 93.0 cm³/mol. The maximum absolute atomic E-state index is 12.4. The minimum Gasteiger partial charge on any atom is -0.497 e. The minimum atomic E-state index is -2.85. The minimum absolute atomic E-state index is 0.0272. The normalized spacial score (nSPS) is 18.7. The van der Waals surface area contributed by atoms with Crippen LogP contribution in [0.3, 0.4) is 0 Å². The number of ether oxygens (including phenoxy) is 2. The van der Waals surface area contributed by atoms with Gasteiger partial charge in [-0.05, 0) is 52.2 Å². The number of alkyl halides is 2. The first-order chi connectivity index (χ1) is 13.1. The summed E-state index contributed by atoms with van der Waals surface area (Å²) in [5, 5.41) is 15.2. The molecule has 0 fully saturated rings. The Morgan fingerprint density at radius 2 is 1.93 bits per heavy atom. The van der Waals surface area contributed by atoms with E-state index in [1.54, 1.807) is 23.9 Å². The molecule has 1 aliphatic heterocycles. The van der Waals surface area contributed by atoms with Gasteiger partial charge in [-0.15, -0.1) is 0 Å². The fraction of sp³-hybridized carbons (Fsp3) is 0.278. The summed E-state index contributed by atoms with van der Waals surface area (Å²) in [7, 11) is 1.62. The maximum Gasteiger partial charge on any atom is 0.387 e. The molecular formula is C18H17F2N5O2. The van der Waals surface area contributed by atoms with Gasteiger partial charge in [-0.3, -0.25) is 0 Å². The summed E-state index contributed by atoms with van der Waals surface area (Å²) in [4.78, 5) is 0. The highest BCUT2D eigenvalue weighted by Crippen LogP contribution is 2.38. The summed E-state index contributed by atoms with van der Waals surface area (Å²) in [6.07, 6.45) is 0.681. The van der Waals surface area contributed by atoms with Crippen molar-refractivity contribution >= 4 is 5.95 Å². The molecule has 9 heteroatoms. The number of hydrogen-bond donors (Lipinski definition) is 1. The van der Waals surface area contributed by atoms with Crippen LogP contribution in [0.5, 0.6) is 11.5 Å². The quantitative estimate of drug-likeness (QED) is 0.739. The molecule has 140 valence electrons. The molecule has 0 bridgehead atoms. The third kappa shape index (κ3) is 3.53. The number of fused-ring (bicyclic) bond motifs is 1. The molecule has 0 spiro atoms. The number of tetrazole rings is 1. The van der Waals surface area contributed by atoms with E-state index in [0.29, 0.717) is 12.4 Å². The van der Waals surface area contributed by atoms with Crippen molar-refractivity contribution in [2.24, 2.45) is 0 Å². The Morgan fingerprint density at radius 1 is 1.11 bits per heavy atom. The molecule has 4 rings (SSSR count). The number of rotatable bonds is 5. The van der Waals surface area contributed by atoms with Gasteiger partial charge in [-0.25, -0.2) is 4.68 Å². The van der Waals surface area contributed by atoms with Crippen molar-refractivity contribution in [2.75, 3.05) is 12.4 Å². The van der Waals surface area contributed by atoms with Gasteiger partial charge in [0.05, 0.1) is 19.2 Å². The van der Waals surface area contributed by atoms with E-state index in [2.05, 4.69) is 25.6 Å². The molecule has 2 aromatic carbocycles. The Hall–Kier alpha value is -3.23. The molecule has 1 N–H and O–H groups in total. The predicted octanol–water partition coefficient (Wildman–Crippen LogP) is 3.43. The molecule has 1 aliphatic rings. The number of nitrogens with one attached hydrogen (secondary N) is 1. The lowest BCUT2D eigenvalue weighted by atomic mass is 9.93. The number of benzene rings is 2. The van der Waals surface area contributed by atoms with Gasteiger partial charge in [0.25, 0.3) is 0 Å². The summed E-state index contributed by atoms with van der Waals surface area (Å²) in [6.45, 7) is -2.85. The number of nitrogens with zero attached hydrogens (tertiary/aromatic N) is 4. The highest BCUT2D eigenvalue weighted by Gasteiger charge is 2.30. The van der Waals surface area contributed by atoms with Crippen molar-refractivity contribution in [1.82, 2.24) is 20.2 Å². The average molecular weight is 373 g/mol. The highest BCUT2D eigenvalue weighted by molar-refractivity contribution is 5.40. The standard InChI is InChI=1S/C18H17F2N5O2/c1-26-14-4-2-3-12(9-14)15-10-16(25-18(21-15)22-23-24-25)11-5-7-13(8-6-11)27-17(19)20/h2-9,15-17H,10H2,1H3,(H,21,22,24)/t15-,16+/m0/s1. The molecule has 3 aromatic rings. The molecule has 0 saturated heterocycles. The van der Waals surface area contributed by atoms with Crippen molar-refractivity contribution in [2.45, 2.75) is 25.1 Å². The van der Waals surface area contributed by atoms with Crippen LogP contribution in [0, 0.1) is 0 Å². The van der Waals surface area contributed by atoms with Gasteiger partial charge in [0.15, 0.2) is 0 Å². The molecule has 27 heavy (non-hydrogen) atoms. The van der Waals surface area contributed by atoms with Crippen LogP contribution in [0.1, 0.15) is 29.6 Å². The van der Waals surface area contributed by atoms with Crippen molar-refractivity contribution < 1.29 is 18.3 Å². The van der Waals surface area contributed by atoms with Crippen LogP contribution in [-0.2, 0) is 0 Å². The molecular weight excluding hydrogens is 356 g/mol. The molecule has 2 heterocycles. The summed E-state index contributed by atoms with van der Waals surface area (Å²) in [5.74, 6) is 1.43. The van der Waals surface area contributed by atoms with E-state index >= 15 is 0 Å². The lowest BCUT2D eigenvalue weighted by Gasteiger charge is -2.31. The van der Waals surface area contributed by atoms with Gasteiger partial charge in [-0.2, -0.15) is 8.78 Å². The second kappa shape index (κ2) is 7.18. The van der Waals surface area contributed by atoms with Gasteiger partial charge >= 0.3 is 6.61 Å². The lowest BCUT2D eigenvalue weighted by molar-refractivity contribution is -0.0498. The van der Waals surface area contributed by atoms with Crippen LogP contribution in [0.15, 0.2) is 48.5 Å². The Labute approximate surface area is 153 Å². The van der Waals surface area contributed by atoms with Gasteiger partial charge in [-0.1, -0.05) is 29.4 Å². The summed E-state index contributed by atoms with van der Waals surface area (Å²) >= 11 is 0. The molecule has 0 radical (unpaired) electrons. The molecule has 0 aliphatic carbocycles. The van der Waals surface area contributed by atoms with Gasteiger partial charge in [0, 0.05) is 0 Å². The molecule has 7 nitrogen and oxygen atoms in total. The summed E-state index contributed by atoms with van der Waals surface area (Å²) in [6, 6.07) is 14.2. The molecule has 0 amide bonds. The van der Waals surface area contributed by atoms with E-state index in [1.807, 2.05) is 24.3 Å². The van der Waals surface area contributed by atoms with E-state index < -0.39 is 6.61 Å². The van der Waals surface area contributed by atoms with Crippen LogP contribution < -0.4 is 14.8 Å². The van der Waals surface area contributed by atoms with Crippen LogP contribution in [-0.4, -0.2) is 33.9 Å². The number of hydrogen-bond acceptors (Lipinski definition) is 6. The number of methoxy groups -OCH3 is 1. The second-order valence-corrected chi connectivity index (χ2v) is 6.12. The van der Waals surface area contributed by atoms with Crippen LogP contribution in [0.25, 0.3) is 0 Å². The van der Waals surface area contributed by atoms with Crippen molar-refractivity contribution in [3.8, 4) is 11.5 Å². The Morgan fingerprint density at radius 3 is 2.67 bits per heavy atom. The van der Waals surface area contributed by atoms with Gasteiger partial charge < -0.3 is 14.8 Å². The molecule has 0 saturated carbocycles. The van der Waals surface area contributed by atoms with E-state index in [9.17, 15) is 8.78 Å². The molecule has 1 aromatic heterocycles. The molecule has 0 unspecified atom stereocenters. The maximum atomic E-state index is 12.4. The summed E-state index contributed by atoms with van der Waals surface area (Å²) < 4.78 is 36.1. The number of anilines is 1. The average Bonchev–Trinajstić information content (AvgIpc) is 3.16. The molecule has 2 atom stereocenters. The SMILES string of the molecule is COc1cccc([C@@H]2C[C@H](c3ccc(OC(F)F)cc3)n3nnnc3N2)c1. The van der Waals surface area contributed by atoms with Crippen molar-refractivity contribution in [1.29, 1.82) is 0 Å². The van der Waals surface area contributed by atoms with Crippen molar-refractivity contribution in [3.05, 3.63) is 59.7 Å². The topological polar surface area (TPSA) is 74.1 Å². The smallest absolute Gasteiger partial charge is 0.387 e. The van der Waals surface area contributed by atoms with Gasteiger partial charge in [0.1, 0.15) is 11.5 Å². The van der Waals surface area contributed by atoms with Gasteiger partial charge in [0.2, 0.25) is 5.95 Å². The highest BCUT2D eigenvalue weighted by atomic mass is 19.3. The monoisotopic (exact) mass is 373 g/mol. The van der Waals surface area contributed by atoms with Crippen LogP contribution in [0.4, 0.5) is 14.7 Å². The second-order valence-electron chi connectivity index (χ2n) is 6.12. The van der Waals surface area contributed by atoms with E-state index in [1.165, 1.54) is 12.1 Å². The first kappa shape index (κ1) is 17.2. The third-order valence-electron chi connectivity index (χ3n) is 4.54. The fourth-order valence-corrected chi connectivity index (χ4v) is 3.26. The van der Waals surface area contributed by atoms with E-state index in [4.69, 9.17) is 4.74 Å². The summed E-state index contributed by atoms with van der Waals surface area (Å²) in [5.41, 5.74) is 1.95. The van der Waals surface area contributed by atoms with E-state index in [0.717, 1.165) is 16.9 Å². The van der Waals surface area contributed by atoms with Crippen LogP contribution >= 0.6 is 0 Å². The zero-order chi connectivity index (χ0) is 18.8. The van der Waals surface area contributed by atoms with Crippen LogP contribution in [0.2, 0.25) is 0 Å². The van der Waals surface area contributed by atoms with E-state index in [-0.39, 0.29) is 17.8 Å². The Bertz CT molecular complexity index is 916. The fourth-order valence-electron chi connectivity index (χ4n) is 3.26. The Kier molecular flexibility index (Phi) is 4.57. The first-order valence-corrected chi connectivity index (χ1v) is 8.37. The largest absolute Gasteiger partial charge is 0.497 e. The number of aromatic nitrogens is 4. The first-order valence-electron chi connectivity index (χ1n) is 8.37. The number of halogens is 2. The zero-order valence-corrected chi connectivity index (χ0v) is 14.4. The van der Waals surface area contributed by atoms with Crippen molar-refractivity contribution in [3.63, 3.8) is 0 Å². The third-order valence-corrected chi connectivity index (χ3v) is 4.54. The Balaban J connectivity index is 1.64. The zero-order valence-electron chi connectivity index (χ0n) is 14.4.